The molecule has 130 valence electrons. The highest BCUT2D eigenvalue weighted by Crippen LogP contribution is 2.32. The Kier molecular flexibility index (Phi) is 4.70. The summed E-state index contributed by atoms with van der Waals surface area (Å²) in [5, 5.41) is 0. The van der Waals surface area contributed by atoms with Crippen molar-refractivity contribution in [2.24, 2.45) is 0 Å². The molecule has 0 aliphatic carbocycles. The zero-order valence-corrected chi connectivity index (χ0v) is 15.4. The molecule has 2 amide bonds. The molecule has 1 heterocycles. The summed E-state index contributed by atoms with van der Waals surface area (Å²) in [5.74, 6) is -0.557. The van der Waals surface area contributed by atoms with Gasteiger partial charge >= 0.3 is 0 Å². The second-order valence-corrected chi connectivity index (χ2v) is 7.54. The van der Waals surface area contributed by atoms with Crippen LogP contribution in [-0.4, -0.2) is 17.4 Å². The molecular formula is C19H25NO4. The molecule has 1 aliphatic heterocycles. The molecular weight excluding hydrogens is 306 g/mol. The second-order valence-electron chi connectivity index (χ2n) is 7.54. The first-order chi connectivity index (χ1) is 10.9. The number of nitrogens with zero attached hydrogens (tertiary/aromatic N) is 1. The van der Waals surface area contributed by atoms with Crippen LogP contribution in [0.25, 0.3) is 0 Å². The summed E-state index contributed by atoms with van der Waals surface area (Å²) in [5.41, 5.74) is 1.15. The molecule has 0 saturated heterocycles. The quantitative estimate of drug-likeness (QED) is 0.477. The number of benzene rings is 1. The summed E-state index contributed by atoms with van der Waals surface area (Å²) in [6, 6.07) is 7.21. The minimum atomic E-state index is -0.730. The molecule has 0 bridgehead atoms. The minimum Gasteiger partial charge on any atom is -0.269 e. The number of anilines is 1. The van der Waals surface area contributed by atoms with E-state index < -0.39 is 11.2 Å². The number of carbonyl (C=O) groups is 2. The SMILES string of the molecule is CC1=C(C)C(=O)N(c2cccc(C(C)(C)OOC(C)(C)C)c2)C1=O. The summed E-state index contributed by atoms with van der Waals surface area (Å²) < 4.78 is 0. The van der Waals surface area contributed by atoms with E-state index in [4.69, 9.17) is 9.78 Å². The third-order valence-corrected chi connectivity index (χ3v) is 3.91. The first-order valence-corrected chi connectivity index (χ1v) is 7.98. The third-order valence-electron chi connectivity index (χ3n) is 3.91. The van der Waals surface area contributed by atoms with Gasteiger partial charge in [0.15, 0.2) is 0 Å². The lowest BCUT2D eigenvalue weighted by Gasteiger charge is -2.29. The van der Waals surface area contributed by atoms with Crippen molar-refractivity contribution in [1.82, 2.24) is 0 Å². The fourth-order valence-electron chi connectivity index (χ4n) is 2.28. The van der Waals surface area contributed by atoms with Crippen molar-refractivity contribution in [2.75, 3.05) is 4.90 Å². The molecule has 0 spiro atoms. The Bertz CT molecular complexity index is 686. The smallest absolute Gasteiger partial charge is 0.261 e. The van der Waals surface area contributed by atoms with Gasteiger partial charge in [0.05, 0.1) is 11.3 Å². The zero-order valence-electron chi connectivity index (χ0n) is 15.4. The van der Waals surface area contributed by atoms with E-state index in [1.54, 1.807) is 32.0 Å². The topological polar surface area (TPSA) is 55.8 Å². The Balaban J connectivity index is 2.30. The van der Waals surface area contributed by atoms with Gasteiger partial charge in [-0.1, -0.05) is 12.1 Å². The predicted octanol–water partition coefficient (Wildman–Crippen LogP) is 3.88. The molecule has 0 fully saturated rings. The molecule has 0 radical (unpaired) electrons. The largest absolute Gasteiger partial charge is 0.269 e. The Hall–Kier alpha value is -1.98. The fourth-order valence-corrected chi connectivity index (χ4v) is 2.28. The Morgan fingerprint density at radius 2 is 1.42 bits per heavy atom. The van der Waals surface area contributed by atoms with Gasteiger partial charge in [0.25, 0.3) is 11.8 Å². The highest BCUT2D eigenvalue weighted by Gasteiger charge is 2.35. The van der Waals surface area contributed by atoms with Gasteiger partial charge in [0, 0.05) is 11.1 Å². The second kappa shape index (κ2) is 6.15. The minimum absolute atomic E-state index is 0.278. The van der Waals surface area contributed by atoms with Gasteiger partial charge in [0.2, 0.25) is 0 Å². The number of hydrogen-bond acceptors (Lipinski definition) is 4. The van der Waals surface area contributed by atoms with Crippen molar-refractivity contribution in [1.29, 1.82) is 0 Å². The van der Waals surface area contributed by atoms with Crippen LogP contribution >= 0.6 is 0 Å². The first-order valence-electron chi connectivity index (χ1n) is 7.98. The summed E-state index contributed by atoms with van der Waals surface area (Å²) in [7, 11) is 0. The summed E-state index contributed by atoms with van der Waals surface area (Å²) >= 11 is 0. The van der Waals surface area contributed by atoms with E-state index in [9.17, 15) is 9.59 Å². The summed E-state index contributed by atoms with van der Waals surface area (Å²) in [4.78, 5) is 36.9. The molecule has 1 aliphatic rings. The number of rotatable bonds is 4. The van der Waals surface area contributed by atoms with E-state index in [2.05, 4.69) is 0 Å². The van der Waals surface area contributed by atoms with Gasteiger partial charge in [-0.15, -0.1) is 0 Å². The van der Waals surface area contributed by atoms with Gasteiger partial charge in [-0.2, -0.15) is 0 Å². The van der Waals surface area contributed by atoms with Crippen molar-refractivity contribution >= 4 is 17.5 Å². The molecule has 5 heteroatoms. The van der Waals surface area contributed by atoms with E-state index in [1.165, 1.54) is 4.90 Å². The molecule has 0 aromatic heterocycles. The summed E-state index contributed by atoms with van der Waals surface area (Å²) in [6.07, 6.45) is 0. The molecule has 5 nitrogen and oxygen atoms in total. The van der Waals surface area contributed by atoms with Crippen molar-refractivity contribution < 1.29 is 19.4 Å². The van der Waals surface area contributed by atoms with Crippen molar-refractivity contribution in [3.63, 3.8) is 0 Å². The van der Waals surface area contributed by atoms with Crippen LogP contribution in [0.1, 0.15) is 54.0 Å². The van der Waals surface area contributed by atoms with Gasteiger partial charge in [-0.3, -0.25) is 9.59 Å². The number of carbonyl (C=O) groups excluding carboxylic acids is 2. The Labute approximate surface area is 143 Å². The Morgan fingerprint density at radius 3 is 1.92 bits per heavy atom. The molecule has 1 aromatic carbocycles. The standard InChI is InChI=1S/C19H25NO4/c1-12-13(2)17(22)20(16(12)21)15-10-8-9-14(11-15)19(6,7)24-23-18(3,4)5/h8-11H,1-7H3. The summed E-state index contributed by atoms with van der Waals surface area (Å²) in [6.45, 7) is 12.8. The predicted molar refractivity (Wildman–Crippen MR) is 92.3 cm³/mol. The lowest BCUT2D eigenvalue weighted by atomic mass is 9.97. The van der Waals surface area contributed by atoms with Gasteiger partial charge in [-0.05, 0) is 66.2 Å². The van der Waals surface area contributed by atoms with Crippen LogP contribution in [0.3, 0.4) is 0 Å². The van der Waals surface area contributed by atoms with Crippen LogP contribution in [0.5, 0.6) is 0 Å². The van der Waals surface area contributed by atoms with Crippen LogP contribution in [0.2, 0.25) is 0 Å². The maximum absolute atomic E-state index is 12.3. The average Bonchev–Trinajstić information content (AvgIpc) is 2.69. The van der Waals surface area contributed by atoms with Crippen LogP contribution in [-0.2, 0) is 25.0 Å². The maximum Gasteiger partial charge on any atom is 0.261 e. The molecule has 0 atom stereocenters. The fraction of sp³-hybridized carbons (Fsp3) is 0.474. The van der Waals surface area contributed by atoms with E-state index in [-0.39, 0.29) is 11.8 Å². The molecule has 2 rings (SSSR count). The molecule has 0 N–H and O–H groups in total. The van der Waals surface area contributed by atoms with Crippen LogP contribution < -0.4 is 4.90 Å². The Morgan fingerprint density at radius 1 is 0.875 bits per heavy atom. The lowest BCUT2D eigenvalue weighted by molar-refractivity contribution is -0.401. The lowest BCUT2D eigenvalue weighted by Crippen LogP contribution is -2.32. The normalized spacial score (nSPS) is 16.4. The van der Waals surface area contributed by atoms with Crippen LogP contribution in [0.15, 0.2) is 35.4 Å². The van der Waals surface area contributed by atoms with Crippen molar-refractivity contribution in [2.45, 2.75) is 59.7 Å². The van der Waals surface area contributed by atoms with Gasteiger partial charge < -0.3 is 0 Å². The van der Waals surface area contributed by atoms with Gasteiger partial charge in [-0.25, -0.2) is 14.7 Å². The first kappa shape index (κ1) is 18.4. The third kappa shape index (κ3) is 3.57. The molecule has 24 heavy (non-hydrogen) atoms. The maximum atomic E-state index is 12.3. The van der Waals surface area contributed by atoms with E-state index in [0.717, 1.165) is 5.56 Å². The zero-order chi connectivity index (χ0) is 18.3. The molecule has 0 unspecified atom stereocenters. The number of imide groups is 1. The highest BCUT2D eigenvalue weighted by molar-refractivity contribution is 6.32. The van der Waals surface area contributed by atoms with E-state index in [1.807, 2.05) is 40.7 Å². The highest BCUT2D eigenvalue weighted by atomic mass is 17.2. The van der Waals surface area contributed by atoms with Crippen molar-refractivity contribution in [3.05, 3.63) is 41.0 Å². The van der Waals surface area contributed by atoms with Gasteiger partial charge in [0.1, 0.15) is 5.60 Å². The number of amides is 2. The number of hydrogen-bond donors (Lipinski definition) is 0. The van der Waals surface area contributed by atoms with E-state index >= 15 is 0 Å². The van der Waals surface area contributed by atoms with Crippen LogP contribution in [0, 0.1) is 0 Å². The molecule has 0 saturated carbocycles. The monoisotopic (exact) mass is 331 g/mol. The van der Waals surface area contributed by atoms with Crippen LogP contribution in [0.4, 0.5) is 5.69 Å². The average molecular weight is 331 g/mol. The molecule has 1 aromatic rings. The van der Waals surface area contributed by atoms with E-state index in [0.29, 0.717) is 16.8 Å². The van der Waals surface area contributed by atoms with Crippen molar-refractivity contribution in [3.8, 4) is 0 Å².